The van der Waals surface area contributed by atoms with Gasteiger partial charge in [-0.05, 0) is 25.0 Å². The molecular formula is C23H32N3O2+. The molecule has 0 unspecified atom stereocenters. The fourth-order valence-corrected chi connectivity index (χ4v) is 3.35. The lowest BCUT2D eigenvalue weighted by Crippen LogP contribution is -2.88. The third-order valence-electron chi connectivity index (χ3n) is 5.00. The Hall–Kier alpha value is -2.66. The summed E-state index contributed by atoms with van der Waals surface area (Å²) in [4.78, 5) is 26.4. The lowest BCUT2D eigenvalue weighted by Gasteiger charge is -2.22. The maximum absolute atomic E-state index is 12.5. The van der Waals surface area contributed by atoms with Crippen LogP contribution in [0, 0.1) is 19.8 Å². The largest absolute Gasteiger partial charge is 0.332 e. The highest BCUT2D eigenvalue weighted by atomic mass is 16.2. The van der Waals surface area contributed by atoms with E-state index in [0.29, 0.717) is 12.5 Å². The topological polar surface area (TPSA) is 66.0 Å². The summed E-state index contributed by atoms with van der Waals surface area (Å²) in [6.45, 7) is 8.58. The van der Waals surface area contributed by atoms with Crippen molar-refractivity contribution in [3.05, 3.63) is 65.2 Å². The van der Waals surface area contributed by atoms with E-state index >= 15 is 0 Å². The van der Waals surface area contributed by atoms with E-state index in [1.807, 2.05) is 50.2 Å². The molecule has 3 N–H and O–H groups in total. The first-order valence-electron chi connectivity index (χ1n) is 9.78. The molecule has 0 aliphatic heterocycles. The van der Waals surface area contributed by atoms with Crippen LogP contribution in [-0.2, 0) is 9.59 Å². The molecule has 1 atom stereocenters. The molecule has 0 saturated carbocycles. The third-order valence-corrected chi connectivity index (χ3v) is 5.00. The van der Waals surface area contributed by atoms with Gasteiger partial charge < -0.3 is 15.5 Å². The van der Waals surface area contributed by atoms with Crippen molar-refractivity contribution in [1.29, 1.82) is 0 Å². The van der Waals surface area contributed by atoms with Crippen LogP contribution in [0.2, 0.25) is 0 Å². The van der Waals surface area contributed by atoms with Crippen molar-refractivity contribution in [2.24, 2.45) is 5.92 Å². The maximum atomic E-state index is 12.5. The molecule has 0 aliphatic rings. The Morgan fingerprint density at radius 1 is 1.00 bits per heavy atom. The van der Waals surface area contributed by atoms with Crippen LogP contribution in [-0.4, -0.2) is 36.9 Å². The van der Waals surface area contributed by atoms with Crippen LogP contribution in [0.15, 0.2) is 48.5 Å². The second kappa shape index (κ2) is 10.0. The van der Waals surface area contributed by atoms with Gasteiger partial charge >= 0.3 is 0 Å². The van der Waals surface area contributed by atoms with E-state index in [2.05, 4.69) is 36.6 Å². The van der Waals surface area contributed by atoms with Gasteiger partial charge in [0.15, 0.2) is 6.54 Å². The van der Waals surface area contributed by atoms with Crippen molar-refractivity contribution >= 4 is 17.5 Å². The number of amides is 2. The number of quaternary nitrogens is 1. The standard InChI is InChI=1S/C23H31N3O2/c1-16(2)22(19-12-7-6-8-13-19)24-14-21(28)26(5)15-20(27)25-23-17(3)10-9-11-18(23)4/h6-13,16,22,24H,14-15H2,1-5H3,(H,25,27)/p+1/t22-/m0/s1. The Kier molecular flexibility index (Phi) is 7.76. The monoisotopic (exact) mass is 382 g/mol. The van der Waals surface area contributed by atoms with Crippen LogP contribution in [0.3, 0.4) is 0 Å². The average Bonchev–Trinajstić information content (AvgIpc) is 2.65. The van der Waals surface area contributed by atoms with E-state index in [-0.39, 0.29) is 24.4 Å². The predicted octanol–water partition coefficient (Wildman–Crippen LogP) is 2.66. The molecule has 2 aromatic rings. The molecule has 5 heteroatoms. The number of nitrogens with zero attached hydrogens (tertiary/aromatic N) is 1. The molecule has 0 aromatic heterocycles. The first-order valence-corrected chi connectivity index (χ1v) is 9.78. The van der Waals surface area contributed by atoms with Crippen molar-refractivity contribution in [2.45, 2.75) is 33.7 Å². The van der Waals surface area contributed by atoms with Gasteiger partial charge in [0.05, 0.1) is 6.54 Å². The number of hydrogen-bond donors (Lipinski definition) is 2. The second-order valence-electron chi connectivity index (χ2n) is 7.69. The number of aryl methyl sites for hydroxylation is 2. The second-order valence-corrected chi connectivity index (χ2v) is 7.69. The zero-order valence-corrected chi connectivity index (χ0v) is 17.5. The van der Waals surface area contributed by atoms with Crippen molar-refractivity contribution in [3.8, 4) is 0 Å². The Morgan fingerprint density at radius 3 is 2.18 bits per heavy atom. The van der Waals surface area contributed by atoms with Gasteiger partial charge in [0, 0.05) is 24.2 Å². The van der Waals surface area contributed by atoms with Gasteiger partial charge in [-0.2, -0.15) is 0 Å². The number of likely N-dealkylation sites (N-methyl/N-ethyl adjacent to an activating group) is 1. The van der Waals surface area contributed by atoms with Crippen molar-refractivity contribution < 1.29 is 14.9 Å². The number of anilines is 1. The summed E-state index contributed by atoms with van der Waals surface area (Å²) < 4.78 is 0. The summed E-state index contributed by atoms with van der Waals surface area (Å²) in [5.41, 5.74) is 4.06. The highest BCUT2D eigenvalue weighted by Gasteiger charge is 2.22. The lowest BCUT2D eigenvalue weighted by atomic mass is 9.96. The highest BCUT2D eigenvalue weighted by Crippen LogP contribution is 2.19. The summed E-state index contributed by atoms with van der Waals surface area (Å²) in [5, 5.41) is 4.99. The first kappa shape index (κ1) is 21.6. The number of benzene rings is 2. The SMILES string of the molecule is Cc1cccc(C)c1NC(=O)CN(C)C(=O)C[NH2+][C@H](c1ccccc1)C(C)C. The summed E-state index contributed by atoms with van der Waals surface area (Å²) >= 11 is 0. The molecule has 5 nitrogen and oxygen atoms in total. The molecule has 0 aliphatic carbocycles. The number of nitrogens with two attached hydrogens (primary N) is 1. The molecule has 0 heterocycles. The van der Waals surface area contributed by atoms with Crippen LogP contribution in [0.1, 0.15) is 36.6 Å². The quantitative estimate of drug-likeness (QED) is 0.737. The molecule has 0 spiro atoms. The predicted molar refractivity (Wildman–Crippen MR) is 113 cm³/mol. The van der Waals surface area contributed by atoms with Crippen LogP contribution in [0.5, 0.6) is 0 Å². The minimum Gasteiger partial charge on any atom is -0.332 e. The zero-order chi connectivity index (χ0) is 20.7. The molecular weight excluding hydrogens is 350 g/mol. The highest BCUT2D eigenvalue weighted by molar-refractivity contribution is 5.95. The van der Waals surface area contributed by atoms with Crippen molar-refractivity contribution in [3.63, 3.8) is 0 Å². The minimum atomic E-state index is -0.184. The van der Waals surface area contributed by atoms with Gasteiger partial charge in [-0.25, -0.2) is 0 Å². The van der Waals surface area contributed by atoms with Gasteiger partial charge in [0.25, 0.3) is 5.91 Å². The molecule has 2 amide bonds. The van der Waals surface area contributed by atoms with Crippen LogP contribution in [0.25, 0.3) is 0 Å². The molecule has 0 bridgehead atoms. The fraction of sp³-hybridized carbons (Fsp3) is 0.391. The molecule has 28 heavy (non-hydrogen) atoms. The van der Waals surface area contributed by atoms with Gasteiger partial charge in [0.1, 0.15) is 6.04 Å². The van der Waals surface area contributed by atoms with Crippen molar-refractivity contribution in [1.82, 2.24) is 4.90 Å². The summed E-state index contributed by atoms with van der Waals surface area (Å²) in [6, 6.07) is 16.3. The molecule has 2 aromatic carbocycles. The maximum Gasteiger partial charge on any atom is 0.277 e. The van der Waals surface area contributed by atoms with E-state index in [0.717, 1.165) is 16.8 Å². The van der Waals surface area contributed by atoms with E-state index in [1.165, 1.54) is 10.5 Å². The average molecular weight is 383 g/mol. The van der Waals surface area contributed by atoms with Crippen LogP contribution < -0.4 is 10.6 Å². The third kappa shape index (κ3) is 5.92. The normalized spacial score (nSPS) is 11.9. The van der Waals surface area contributed by atoms with E-state index in [4.69, 9.17) is 0 Å². The Bertz CT molecular complexity index is 782. The minimum absolute atomic E-state index is 0.0398. The molecule has 0 radical (unpaired) electrons. The number of para-hydroxylation sites is 1. The molecule has 150 valence electrons. The number of rotatable bonds is 8. The van der Waals surface area contributed by atoms with Gasteiger partial charge in [-0.1, -0.05) is 62.4 Å². The van der Waals surface area contributed by atoms with E-state index in [9.17, 15) is 9.59 Å². The lowest BCUT2D eigenvalue weighted by molar-refractivity contribution is -0.692. The van der Waals surface area contributed by atoms with Gasteiger partial charge in [0.2, 0.25) is 5.91 Å². The zero-order valence-electron chi connectivity index (χ0n) is 17.5. The fourth-order valence-electron chi connectivity index (χ4n) is 3.35. The molecule has 2 rings (SSSR count). The smallest absolute Gasteiger partial charge is 0.277 e. The Morgan fingerprint density at radius 2 is 1.61 bits per heavy atom. The Balaban J connectivity index is 1.90. The van der Waals surface area contributed by atoms with Crippen molar-refractivity contribution in [2.75, 3.05) is 25.5 Å². The number of carbonyl (C=O) groups is 2. The number of nitrogens with one attached hydrogen (secondary N) is 1. The van der Waals surface area contributed by atoms with Gasteiger partial charge in [-0.15, -0.1) is 0 Å². The van der Waals surface area contributed by atoms with Crippen LogP contribution in [0.4, 0.5) is 5.69 Å². The van der Waals surface area contributed by atoms with Crippen LogP contribution >= 0.6 is 0 Å². The number of hydrogen-bond acceptors (Lipinski definition) is 2. The Labute approximate surface area is 168 Å². The van der Waals surface area contributed by atoms with Gasteiger partial charge in [-0.3, -0.25) is 9.59 Å². The summed E-state index contributed by atoms with van der Waals surface area (Å²) in [5.74, 6) is 0.155. The van der Waals surface area contributed by atoms with E-state index < -0.39 is 0 Å². The molecule has 0 saturated heterocycles. The molecule has 0 fully saturated rings. The van der Waals surface area contributed by atoms with E-state index in [1.54, 1.807) is 7.05 Å². The summed E-state index contributed by atoms with van der Waals surface area (Å²) in [6.07, 6.45) is 0. The number of carbonyl (C=O) groups excluding carboxylic acids is 2. The summed E-state index contributed by atoms with van der Waals surface area (Å²) in [7, 11) is 1.67. The first-order chi connectivity index (χ1) is 13.3.